The van der Waals surface area contributed by atoms with Gasteiger partial charge >= 0.3 is 6.09 Å². The average molecular weight is 1120 g/mol. The fourth-order valence-corrected chi connectivity index (χ4v) is 11.7. The fourth-order valence-electron chi connectivity index (χ4n) is 11.7. The van der Waals surface area contributed by atoms with Gasteiger partial charge in [-0.05, 0) is 156 Å². The second-order valence-corrected chi connectivity index (χ2v) is 23.2. The van der Waals surface area contributed by atoms with Crippen molar-refractivity contribution >= 4 is 27.9 Å². The van der Waals surface area contributed by atoms with Crippen molar-refractivity contribution in [2.45, 2.75) is 104 Å². The highest BCUT2D eigenvalue weighted by molar-refractivity contribution is 5.95. The van der Waals surface area contributed by atoms with Gasteiger partial charge in [0.15, 0.2) is 23.0 Å². The van der Waals surface area contributed by atoms with E-state index in [2.05, 4.69) is 80.5 Å². The van der Waals surface area contributed by atoms with Crippen molar-refractivity contribution in [1.82, 2.24) is 39.1 Å². The molecule has 16 nitrogen and oxygen atoms in total. The summed E-state index contributed by atoms with van der Waals surface area (Å²) < 4.78 is 32.5. The molecule has 2 saturated heterocycles. The summed E-state index contributed by atoms with van der Waals surface area (Å²) in [6.45, 7) is 19.9. The summed E-state index contributed by atoms with van der Waals surface area (Å²) in [4.78, 5) is 55.9. The summed E-state index contributed by atoms with van der Waals surface area (Å²) in [5.41, 5.74) is 9.13. The Bertz CT molecular complexity index is 3680. The van der Waals surface area contributed by atoms with Crippen molar-refractivity contribution < 1.29 is 28.5 Å². The molecule has 0 unspecified atom stereocenters. The van der Waals surface area contributed by atoms with Crippen LogP contribution in [0.1, 0.15) is 68.7 Å². The Morgan fingerprint density at radius 1 is 0.578 bits per heavy atom. The predicted octanol–water partition coefficient (Wildman–Crippen LogP) is 10.4. The van der Waals surface area contributed by atoms with E-state index in [-0.39, 0.29) is 23.3 Å². The van der Waals surface area contributed by atoms with Crippen molar-refractivity contribution in [2.24, 2.45) is 0 Å². The molecule has 4 aromatic carbocycles. The zero-order chi connectivity index (χ0) is 57.5. The number of rotatable bonds is 14. The van der Waals surface area contributed by atoms with Gasteiger partial charge in [0.2, 0.25) is 0 Å². The molecule has 12 rings (SSSR count). The van der Waals surface area contributed by atoms with Gasteiger partial charge in [-0.3, -0.25) is 19.6 Å². The molecule has 83 heavy (non-hydrogen) atoms. The first-order valence-electron chi connectivity index (χ1n) is 29.3. The molecular weight excluding hydrogens is 1040 g/mol. The molecule has 432 valence electrons. The first-order valence-corrected chi connectivity index (χ1v) is 29.3. The SMILES string of the molecule is Cc1ccc2c(-c3ccccn3)cc(=O)n(CCN3CCC(N(Cc4ccc5c(c4)OCCO5)C(=O)OC(C)(C)C)CC3)c2c1.Cc1ccc2c(-c3ccccn3)cc(=O)n(CCN3CCC(NCc4ccc5c(c4)OCCO5)CC3)c2c1. The first-order chi connectivity index (χ1) is 40.3. The number of aryl methyl sites for hydroxylation is 2. The molecule has 8 heterocycles. The molecule has 0 bridgehead atoms. The Balaban J connectivity index is 0.000000176. The number of hydrogen-bond donors (Lipinski definition) is 1. The van der Waals surface area contributed by atoms with Gasteiger partial charge < -0.3 is 52.8 Å². The molecule has 0 aliphatic carbocycles. The van der Waals surface area contributed by atoms with Crippen LogP contribution in [-0.4, -0.2) is 123 Å². The van der Waals surface area contributed by atoms with Crippen LogP contribution in [0.3, 0.4) is 0 Å². The van der Waals surface area contributed by atoms with Crippen LogP contribution in [0.15, 0.2) is 143 Å². The first kappa shape index (κ1) is 56.8. The van der Waals surface area contributed by atoms with Crippen LogP contribution in [0.25, 0.3) is 44.3 Å². The monoisotopic (exact) mass is 1120 g/mol. The maximum atomic E-state index is 13.5. The lowest BCUT2D eigenvalue weighted by atomic mass is 10.0. The number of pyridine rings is 4. The van der Waals surface area contributed by atoms with E-state index in [1.165, 1.54) is 5.56 Å². The van der Waals surface area contributed by atoms with E-state index < -0.39 is 5.60 Å². The summed E-state index contributed by atoms with van der Waals surface area (Å²) >= 11 is 0. The van der Waals surface area contributed by atoms with E-state index in [4.69, 9.17) is 23.7 Å². The topological polar surface area (TPSA) is 155 Å². The number of hydrogen-bond acceptors (Lipinski definition) is 13. The van der Waals surface area contributed by atoms with Crippen molar-refractivity contribution in [3.63, 3.8) is 0 Å². The van der Waals surface area contributed by atoms with Gasteiger partial charge in [-0.2, -0.15) is 0 Å². The third-order valence-electron chi connectivity index (χ3n) is 16.1. The lowest BCUT2D eigenvalue weighted by molar-refractivity contribution is 0.00561. The zero-order valence-corrected chi connectivity index (χ0v) is 48.5. The Morgan fingerprint density at radius 3 is 1.55 bits per heavy atom. The number of carbonyl (C=O) groups excluding carboxylic acids is 1. The Kier molecular flexibility index (Phi) is 17.5. The van der Waals surface area contributed by atoms with Gasteiger partial charge in [0.1, 0.15) is 32.0 Å². The van der Waals surface area contributed by atoms with Crippen molar-refractivity contribution in [3.05, 3.63) is 177 Å². The van der Waals surface area contributed by atoms with Crippen LogP contribution >= 0.6 is 0 Å². The molecule has 1 N–H and O–H groups in total. The van der Waals surface area contributed by atoms with Gasteiger partial charge in [0.05, 0.1) is 22.4 Å². The third-order valence-corrected chi connectivity index (χ3v) is 16.1. The molecule has 4 aliphatic rings. The maximum Gasteiger partial charge on any atom is 0.410 e. The van der Waals surface area contributed by atoms with E-state index in [0.717, 1.165) is 150 Å². The van der Waals surface area contributed by atoms with Crippen molar-refractivity contribution in [2.75, 3.05) is 65.7 Å². The lowest BCUT2D eigenvalue weighted by Gasteiger charge is -2.39. The number of nitrogens with one attached hydrogen (secondary N) is 1. The molecule has 2 fully saturated rings. The number of amides is 1. The van der Waals surface area contributed by atoms with Crippen LogP contribution in [0.2, 0.25) is 0 Å². The second kappa shape index (κ2) is 25.6. The van der Waals surface area contributed by atoms with E-state index in [9.17, 15) is 14.4 Å². The second-order valence-electron chi connectivity index (χ2n) is 23.2. The van der Waals surface area contributed by atoms with Crippen LogP contribution in [0.4, 0.5) is 4.79 Å². The molecule has 4 aliphatic heterocycles. The number of benzene rings is 4. The van der Waals surface area contributed by atoms with Crippen LogP contribution in [0, 0.1) is 13.8 Å². The lowest BCUT2D eigenvalue weighted by Crippen LogP contribution is -2.49. The molecule has 0 atom stereocenters. The minimum Gasteiger partial charge on any atom is -0.486 e. The molecule has 16 heteroatoms. The number of carbonyl (C=O) groups is 1. The van der Waals surface area contributed by atoms with E-state index >= 15 is 0 Å². The molecule has 1 amide bonds. The number of aromatic nitrogens is 4. The highest BCUT2D eigenvalue weighted by Gasteiger charge is 2.32. The minimum atomic E-state index is -0.594. The maximum absolute atomic E-state index is 13.5. The smallest absolute Gasteiger partial charge is 0.410 e. The zero-order valence-electron chi connectivity index (χ0n) is 48.5. The summed E-state index contributed by atoms with van der Waals surface area (Å²) in [7, 11) is 0. The quantitative estimate of drug-likeness (QED) is 0.110. The van der Waals surface area contributed by atoms with Crippen LogP contribution in [-0.2, 0) is 30.9 Å². The van der Waals surface area contributed by atoms with E-state index in [0.29, 0.717) is 57.9 Å². The van der Waals surface area contributed by atoms with Gasteiger partial charge in [-0.1, -0.05) is 48.5 Å². The van der Waals surface area contributed by atoms with Crippen LogP contribution < -0.4 is 35.4 Å². The van der Waals surface area contributed by atoms with Crippen LogP contribution in [0.5, 0.6) is 23.0 Å². The van der Waals surface area contributed by atoms with E-state index in [1.807, 2.05) is 102 Å². The predicted molar refractivity (Wildman–Crippen MR) is 325 cm³/mol. The largest absolute Gasteiger partial charge is 0.486 e. The standard InChI is InChI=1S/C36H42N4O5.C31H34N4O3/c1-25-8-10-28-29(30-7-5-6-14-37-30)23-34(41)39(31(28)21-25)18-17-38-15-12-27(13-16-38)40(35(42)45-36(2,3)4)24-26-9-11-32-33(22-26)44-20-19-43-32;1-22-5-7-25-26(27-4-2-3-11-32-27)20-31(36)35(28(25)18-22)15-14-34-12-9-24(10-13-34)33-21-23-6-8-29-30(19-23)38-17-16-37-29/h5-11,14,21-23,27H,12-13,15-20,24H2,1-4H3;2-8,11,18-20,24,33H,9-10,12-17,21H2,1H3. The number of likely N-dealkylation sites (tertiary alicyclic amines) is 2. The van der Waals surface area contributed by atoms with Crippen molar-refractivity contribution in [3.8, 4) is 45.5 Å². The Labute approximate surface area is 485 Å². The van der Waals surface area contributed by atoms with Gasteiger partial charge in [0.25, 0.3) is 11.1 Å². The summed E-state index contributed by atoms with van der Waals surface area (Å²) in [5.74, 6) is 3.12. The number of fused-ring (bicyclic) bond motifs is 4. The summed E-state index contributed by atoms with van der Waals surface area (Å²) in [5, 5.41) is 5.80. The van der Waals surface area contributed by atoms with E-state index in [1.54, 1.807) is 24.5 Å². The van der Waals surface area contributed by atoms with Gasteiger partial charge in [-0.15, -0.1) is 0 Å². The number of ether oxygens (including phenoxy) is 5. The Hall–Kier alpha value is -8.05. The average Bonchev–Trinajstić information content (AvgIpc) is 2.89. The van der Waals surface area contributed by atoms with Gasteiger partial charge in [-0.25, -0.2) is 4.79 Å². The number of nitrogens with zero attached hydrogens (tertiary/aromatic N) is 7. The molecule has 0 spiro atoms. The minimum absolute atomic E-state index is 0.0275. The highest BCUT2D eigenvalue weighted by atomic mass is 16.6. The number of piperidine rings is 2. The fraction of sp³-hybridized carbons (Fsp3) is 0.388. The van der Waals surface area contributed by atoms with Crippen molar-refractivity contribution in [1.29, 1.82) is 0 Å². The molecule has 0 radical (unpaired) electrons. The molecule has 0 saturated carbocycles. The molecule has 4 aromatic heterocycles. The highest BCUT2D eigenvalue weighted by Crippen LogP contribution is 2.34. The summed E-state index contributed by atoms with van der Waals surface area (Å²) in [6, 6.07) is 40.2. The normalized spacial score (nSPS) is 15.9. The Morgan fingerprint density at radius 2 is 1.06 bits per heavy atom. The van der Waals surface area contributed by atoms with Gasteiger partial charge in [0, 0.05) is 111 Å². The molecular formula is C67H76N8O8. The molecule has 8 aromatic rings. The summed E-state index contributed by atoms with van der Waals surface area (Å²) in [6.07, 6.45) is 7.04. The third kappa shape index (κ3) is 13.9.